The molecular weight excluding hydrogens is 364 g/mol. The van der Waals surface area contributed by atoms with Crippen LogP contribution >= 0.6 is 0 Å². The molecule has 0 aliphatic carbocycles. The van der Waals surface area contributed by atoms with Crippen molar-refractivity contribution in [1.29, 1.82) is 0 Å². The number of nitrogens with zero attached hydrogens (tertiary/aromatic N) is 2. The van der Waals surface area contributed by atoms with Gasteiger partial charge < -0.3 is 0 Å². The molecular formula is C15H20N4O4S2. The van der Waals surface area contributed by atoms with E-state index in [9.17, 15) is 16.8 Å². The normalized spacial score (nSPS) is 17.4. The number of aryl methyl sites for hydroxylation is 2. The summed E-state index contributed by atoms with van der Waals surface area (Å²) in [5, 5.41) is 6.55. The molecule has 1 aromatic carbocycles. The van der Waals surface area contributed by atoms with Gasteiger partial charge in [-0.25, -0.2) is 16.8 Å². The molecule has 0 bridgehead atoms. The van der Waals surface area contributed by atoms with E-state index in [0.29, 0.717) is 35.7 Å². The van der Waals surface area contributed by atoms with Gasteiger partial charge in [-0.05, 0) is 51.0 Å². The lowest BCUT2D eigenvalue weighted by Gasteiger charge is -2.28. The fraction of sp³-hybridized carbons (Fsp3) is 0.400. The first-order valence-electron chi connectivity index (χ1n) is 7.85. The number of aromatic nitrogens is 2. The predicted octanol–water partition coefficient (Wildman–Crippen LogP) is 1.76. The zero-order valence-corrected chi connectivity index (χ0v) is 15.6. The highest BCUT2D eigenvalue weighted by Crippen LogP contribution is 2.26. The van der Waals surface area contributed by atoms with Crippen molar-refractivity contribution in [2.45, 2.75) is 31.6 Å². The molecule has 0 radical (unpaired) electrons. The number of hydrogen-bond donors (Lipinski definition) is 2. The summed E-state index contributed by atoms with van der Waals surface area (Å²) in [6, 6.07) is 6.33. The van der Waals surface area contributed by atoms with Gasteiger partial charge in [-0.2, -0.15) is 5.10 Å². The fourth-order valence-electron chi connectivity index (χ4n) is 2.92. The Bertz CT molecular complexity index is 960. The van der Waals surface area contributed by atoms with Gasteiger partial charge in [0.05, 0.1) is 22.8 Å². The van der Waals surface area contributed by atoms with E-state index in [1.54, 1.807) is 38.1 Å². The molecule has 1 fully saturated rings. The summed E-state index contributed by atoms with van der Waals surface area (Å²) in [7, 11) is -7.06. The van der Waals surface area contributed by atoms with Gasteiger partial charge in [-0.1, -0.05) is 0 Å². The number of H-pyrrole nitrogens is 1. The second-order valence-electron chi connectivity index (χ2n) is 6.01. The number of hydrogen-bond acceptors (Lipinski definition) is 5. The number of rotatable bonds is 4. The van der Waals surface area contributed by atoms with E-state index in [2.05, 4.69) is 14.9 Å². The van der Waals surface area contributed by atoms with Gasteiger partial charge in [0, 0.05) is 12.2 Å². The highest BCUT2D eigenvalue weighted by Gasteiger charge is 2.26. The first-order chi connectivity index (χ1) is 11.7. The van der Waals surface area contributed by atoms with E-state index < -0.39 is 20.0 Å². The number of aromatic amines is 1. The Hall–Kier alpha value is -2.07. The Morgan fingerprint density at radius 2 is 1.84 bits per heavy atom. The molecule has 0 atom stereocenters. The zero-order chi connectivity index (χ0) is 18.2. The average molecular weight is 384 g/mol. The minimum absolute atomic E-state index is 0.121. The largest absolute Gasteiger partial charge is 0.281 e. The Morgan fingerprint density at radius 3 is 2.40 bits per heavy atom. The van der Waals surface area contributed by atoms with Crippen LogP contribution in [0, 0.1) is 13.8 Å². The van der Waals surface area contributed by atoms with Crippen LogP contribution < -0.4 is 9.03 Å². The maximum atomic E-state index is 12.5. The van der Waals surface area contributed by atoms with E-state index in [4.69, 9.17) is 0 Å². The van der Waals surface area contributed by atoms with Crippen molar-refractivity contribution in [2.24, 2.45) is 0 Å². The molecule has 1 aromatic heterocycles. The van der Waals surface area contributed by atoms with E-state index >= 15 is 0 Å². The Labute approximate surface area is 147 Å². The maximum Gasteiger partial charge on any atom is 0.265 e. The number of sulfonamides is 2. The van der Waals surface area contributed by atoms with Crippen LogP contribution in [0.25, 0.3) is 0 Å². The smallest absolute Gasteiger partial charge is 0.265 e. The van der Waals surface area contributed by atoms with Gasteiger partial charge in [-0.3, -0.25) is 14.1 Å². The summed E-state index contributed by atoms with van der Waals surface area (Å²) in [6.07, 6.45) is 1.48. The topological polar surface area (TPSA) is 112 Å². The summed E-state index contributed by atoms with van der Waals surface area (Å²) in [5.74, 6) is 0.139. The van der Waals surface area contributed by atoms with Gasteiger partial charge in [0.15, 0.2) is 0 Å². The van der Waals surface area contributed by atoms with E-state index in [1.807, 2.05) is 0 Å². The second-order valence-corrected chi connectivity index (χ2v) is 9.64. The van der Waals surface area contributed by atoms with Crippen molar-refractivity contribution in [3.63, 3.8) is 0 Å². The van der Waals surface area contributed by atoms with Gasteiger partial charge in [0.25, 0.3) is 10.0 Å². The number of benzene rings is 1. The van der Waals surface area contributed by atoms with Crippen molar-refractivity contribution in [2.75, 3.05) is 21.3 Å². The molecule has 2 heterocycles. The first kappa shape index (κ1) is 17.7. The molecule has 0 amide bonds. The standard InChI is InChI=1S/C15H20N4O4S2/c1-11-15(12(2)17-16-11)25(22,23)18-13-5-7-14(8-6-13)19-9-3-4-10-24(19,20)21/h5-8,18H,3-4,9-10H2,1-2H3,(H,16,17). The van der Waals surface area contributed by atoms with Gasteiger partial charge >= 0.3 is 0 Å². The van der Waals surface area contributed by atoms with E-state index in [1.165, 1.54) is 4.31 Å². The Kier molecular flexibility index (Phi) is 4.50. The van der Waals surface area contributed by atoms with Crippen molar-refractivity contribution < 1.29 is 16.8 Å². The summed E-state index contributed by atoms with van der Waals surface area (Å²) >= 11 is 0. The summed E-state index contributed by atoms with van der Waals surface area (Å²) in [6.45, 7) is 3.70. The minimum atomic E-state index is -3.77. The molecule has 8 nitrogen and oxygen atoms in total. The molecule has 2 aromatic rings. The molecule has 25 heavy (non-hydrogen) atoms. The predicted molar refractivity (Wildman–Crippen MR) is 95.7 cm³/mol. The molecule has 3 rings (SSSR count). The second kappa shape index (κ2) is 6.34. The molecule has 0 saturated carbocycles. The van der Waals surface area contributed by atoms with E-state index in [-0.39, 0.29) is 10.6 Å². The highest BCUT2D eigenvalue weighted by molar-refractivity contribution is 7.93. The SMILES string of the molecule is Cc1n[nH]c(C)c1S(=O)(=O)Nc1ccc(N2CCCCS2(=O)=O)cc1. The zero-order valence-electron chi connectivity index (χ0n) is 14.0. The van der Waals surface area contributed by atoms with Crippen molar-refractivity contribution in [1.82, 2.24) is 10.2 Å². The average Bonchev–Trinajstić information content (AvgIpc) is 2.87. The van der Waals surface area contributed by atoms with Gasteiger partial charge in [0.1, 0.15) is 4.90 Å². The lowest BCUT2D eigenvalue weighted by atomic mass is 10.2. The number of nitrogens with one attached hydrogen (secondary N) is 2. The Balaban J connectivity index is 1.84. The fourth-order valence-corrected chi connectivity index (χ4v) is 5.99. The summed E-state index contributed by atoms with van der Waals surface area (Å²) < 4.78 is 53.2. The molecule has 0 spiro atoms. The van der Waals surface area contributed by atoms with Crippen molar-refractivity contribution in [3.05, 3.63) is 35.7 Å². The molecule has 10 heteroatoms. The molecule has 0 unspecified atom stereocenters. The highest BCUT2D eigenvalue weighted by atomic mass is 32.2. The third-order valence-electron chi connectivity index (χ3n) is 4.09. The van der Waals surface area contributed by atoms with Gasteiger partial charge in [-0.15, -0.1) is 0 Å². The summed E-state index contributed by atoms with van der Waals surface area (Å²) in [4.78, 5) is 0.121. The quantitative estimate of drug-likeness (QED) is 0.834. The molecule has 1 aliphatic rings. The maximum absolute atomic E-state index is 12.5. The molecule has 136 valence electrons. The van der Waals surface area contributed by atoms with Gasteiger partial charge in [0.2, 0.25) is 10.0 Å². The summed E-state index contributed by atoms with van der Waals surface area (Å²) in [5.41, 5.74) is 1.75. The van der Waals surface area contributed by atoms with Crippen LogP contribution in [0.4, 0.5) is 11.4 Å². The third-order valence-corrected chi connectivity index (χ3v) is 7.60. The minimum Gasteiger partial charge on any atom is -0.281 e. The molecule has 1 aliphatic heterocycles. The lowest BCUT2D eigenvalue weighted by molar-refractivity contribution is 0.574. The molecule has 1 saturated heterocycles. The number of anilines is 2. The van der Waals surface area contributed by atoms with Crippen LogP contribution in [0.1, 0.15) is 24.2 Å². The van der Waals surface area contributed by atoms with Crippen molar-refractivity contribution >= 4 is 31.4 Å². The van der Waals surface area contributed by atoms with Crippen LogP contribution in [0.5, 0.6) is 0 Å². The first-order valence-corrected chi connectivity index (χ1v) is 10.9. The van der Waals surface area contributed by atoms with E-state index in [0.717, 1.165) is 6.42 Å². The van der Waals surface area contributed by atoms with Crippen LogP contribution in [-0.2, 0) is 20.0 Å². The lowest BCUT2D eigenvalue weighted by Crippen LogP contribution is -2.37. The Morgan fingerprint density at radius 1 is 1.16 bits per heavy atom. The van der Waals surface area contributed by atoms with Crippen LogP contribution in [0.3, 0.4) is 0 Å². The molecule has 2 N–H and O–H groups in total. The third kappa shape index (κ3) is 3.49. The van der Waals surface area contributed by atoms with Crippen LogP contribution in [-0.4, -0.2) is 39.3 Å². The van der Waals surface area contributed by atoms with Crippen LogP contribution in [0.2, 0.25) is 0 Å². The van der Waals surface area contributed by atoms with Crippen molar-refractivity contribution in [3.8, 4) is 0 Å². The monoisotopic (exact) mass is 384 g/mol. The van der Waals surface area contributed by atoms with Crippen LogP contribution in [0.15, 0.2) is 29.2 Å².